The third-order valence-corrected chi connectivity index (χ3v) is 6.72. The monoisotopic (exact) mass is 402 g/mol. The third kappa shape index (κ3) is 3.40. The van der Waals surface area contributed by atoms with E-state index in [1.807, 2.05) is 40.9 Å². The smallest absolute Gasteiger partial charge is 0.254 e. The SMILES string of the molecule is CCc1cc(C(=O)N(C)C2CCCCC2)c2c(C3CC3)nn(-c3ccccc3)c2n1. The maximum Gasteiger partial charge on any atom is 0.254 e. The molecule has 0 unspecified atom stereocenters. The molecule has 2 aromatic heterocycles. The number of carbonyl (C=O) groups excluding carboxylic acids is 1. The number of benzene rings is 1. The molecule has 0 N–H and O–H groups in total. The summed E-state index contributed by atoms with van der Waals surface area (Å²) in [5.41, 5.74) is 4.60. The molecule has 0 atom stereocenters. The quantitative estimate of drug-likeness (QED) is 0.584. The van der Waals surface area contributed by atoms with Crippen molar-refractivity contribution < 1.29 is 4.79 Å². The molecule has 0 bridgehead atoms. The van der Waals surface area contributed by atoms with Crippen LogP contribution in [-0.4, -0.2) is 38.7 Å². The van der Waals surface area contributed by atoms with Gasteiger partial charge in [-0.15, -0.1) is 0 Å². The minimum Gasteiger partial charge on any atom is -0.339 e. The van der Waals surface area contributed by atoms with E-state index in [-0.39, 0.29) is 5.91 Å². The van der Waals surface area contributed by atoms with Gasteiger partial charge in [0, 0.05) is 24.7 Å². The Bertz CT molecular complexity index is 1060. The number of rotatable bonds is 5. The Morgan fingerprint density at radius 1 is 1.10 bits per heavy atom. The zero-order valence-corrected chi connectivity index (χ0v) is 18.0. The molecular weight excluding hydrogens is 372 g/mol. The first kappa shape index (κ1) is 19.3. The molecule has 5 heteroatoms. The highest BCUT2D eigenvalue weighted by molar-refractivity contribution is 6.07. The Kier molecular flexibility index (Phi) is 5.05. The van der Waals surface area contributed by atoms with Crippen molar-refractivity contribution in [2.75, 3.05) is 7.05 Å². The normalized spacial score (nSPS) is 17.4. The van der Waals surface area contributed by atoms with Gasteiger partial charge in [0.15, 0.2) is 5.65 Å². The Hall–Kier alpha value is -2.69. The lowest BCUT2D eigenvalue weighted by molar-refractivity contribution is 0.0698. The van der Waals surface area contributed by atoms with E-state index in [0.717, 1.165) is 65.8 Å². The highest BCUT2D eigenvalue weighted by Gasteiger charge is 2.34. The van der Waals surface area contributed by atoms with E-state index in [0.29, 0.717) is 12.0 Å². The van der Waals surface area contributed by atoms with Crippen LogP contribution in [-0.2, 0) is 6.42 Å². The minimum atomic E-state index is 0.124. The molecule has 3 aromatic rings. The molecule has 0 radical (unpaired) electrons. The fraction of sp³-hybridized carbons (Fsp3) is 0.480. The molecule has 2 saturated carbocycles. The van der Waals surface area contributed by atoms with Crippen LogP contribution in [0.3, 0.4) is 0 Å². The van der Waals surface area contributed by atoms with Gasteiger partial charge in [-0.2, -0.15) is 5.10 Å². The van der Waals surface area contributed by atoms with E-state index >= 15 is 0 Å². The molecule has 2 fully saturated rings. The summed E-state index contributed by atoms with van der Waals surface area (Å²) in [5.74, 6) is 0.566. The van der Waals surface area contributed by atoms with E-state index in [2.05, 4.69) is 19.1 Å². The third-order valence-electron chi connectivity index (χ3n) is 6.72. The van der Waals surface area contributed by atoms with Crippen molar-refractivity contribution in [3.05, 3.63) is 53.3 Å². The average Bonchev–Trinajstić information content (AvgIpc) is 3.58. The summed E-state index contributed by atoms with van der Waals surface area (Å²) in [4.78, 5) is 20.7. The molecule has 156 valence electrons. The molecule has 2 aliphatic carbocycles. The molecule has 0 spiro atoms. The summed E-state index contributed by atoms with van der Waals surface area (Å²) in [5, 5.41) is 5.96. The standard InChI is InChI=1S/C25H30N4O/c1-3-18-16-21(25(30)28(2)19-10-6-4-7-11-19)22-23(17-14-15-17)27-29(24(22)26-18)20-12-8-5-9-13-20/h5,8-9,12-13,16-17,19H,3-4,6-7,10-11,14-15H2,1-2H3. The lowest BCUT2D eigenvalue weighted by Crippen LogP contribution is -2.38. The van der Waals surface area contributed by atoms with Crippen molar-refractivity contribution in [3.8, 4) is 5.69 Å². The van der Waals surface area contributed by atoms with Crippen LogP contribution >= 0.6 is 0 Å². The Balaban J connectivity index is 1.67. The highest BCUT2D eigenvalue weighted by Crippen LogP contribution is 2.44. The van der Waals surface area contributed by atoms with Crippen LogP contribution in [0.1, 0.15) is 79.5 Å². The molecule has 5 nitrogen and oxygen atoms in total. The lowest BCUT2D eigenvalue weighted by atomic mass is 9.93. The number of carbonyl (C=O) groups is 1. The van der Waals surface area contributed by atoms with Crippen LogP contribution in [0.2, 0.25) is 0 Å². The van der Waals surface area contributed by atoms with Gasteiger partial charge in [0.2, 0.25) is 0 Å². The highest BCUT2D eigenvalue weighted by atomic mass is 16.2. The Labute approximate surface area is 178 Å². The molecule has 0 aliphatic heterocycles. The number of hydrogen-bond donors (Lipinski definition) is 0. The fourth-order valence-corrected chi connectivity index (χ4v) is 4.76. The first-order chi connectivity index (χ1) is 14.7. The number of aromatic nitrogens is 3. The number of hydrogen-bond acceptors (Lipinski definition) is 3. The van der Waals surface area contributed by atoms with E-state index in [4.69, 9.17) is 10.1 Å². The summed E-state index contributed by atoms with van der Waals surface area (Å²) in [7, 11) is 1.98. The van der Waals surface area contributed by atoms with Crippen molar-refractivity contribution in [1.29, 1.82) is 0 Å². The average molecular weight is 403 g/mol. The van der Waals surface area contributed by atoms with Gasteiger partial charge in [-0.05, 0) is 50.3 Å². The van der Waals surface area contributed by atoms with E-state index in [1.165, 1.54) is 19.3 Å². The van der Waals surface area contributed by atoms with Crippen LogP contribution in [0.15, 0.2) is 36.4 Å². The van der Waals surface area contributed by atoms with Gasteiger partial charge in [-0.1, -0.05) is 44.4 Å². The van der Waals surface area contributed by atoms with Crippen LogP contribution in [0.25, 0.3) is 16.7 Å². The largest absolute Gasteiger partial charge is 0.339 e. The predicted octanol–water partition coefficient (Wildman–Crippen LogP) is 5.27. The van der Waals surface area contributed by atoms with Gasteiger partial charge < -0.3 is 4.90 Å². The summed E-state index contributed by atoms with van der Waals surface area (Å²) < 4.78 is 1.94. The molecule has 30 heavy (non-hydrogen) atoms. The van der Waals surface area contributed by atoms with Crippen molar-refractivity contribution in [1.82, 2.24) is 19.7 Å². The van der Waals surface area contributed by atoms with Crippen molar-refractivity contribution in [2.24, 2.45) is 0 Å². The van der Waals surface area contributed by atoms with Crippen LogP contribution in [0, 0.1) is 0 Å². The lowest BCUT2D eigenvalue weighted by Gasteiger charge is -2.31. The van der Waals surface area contributed by atoms with Gasteiger partial charge in [0.25, 0.3) is 5.91 Å². The van der Waals surface area contributed by atoms with Crippen molar-refractivity contribution in [3.63, 3.8) is 0 Å². The summed E-state index contributed by atoms with van der Waals surface area (Å²) >= 11 is 0. The van der Waals surface area contributed by atoms with Gasteiger partial charge in [0.05, 0.1) is 22.3 Å². The number of amides is 1. The van der Waals surface area contributed by atoms with Crippen molar-refractivity contribution >= 4 is 16.9 Å². The van der Waals surface area contributed by atoms with E-state index in [9.17, 15) is 4.79 Å². The molecule has 2 aliphatic rings. The van der Waals surface area contributed by atoms with Gasteiger partial charge >= 0.3 is 0 Å². The summed E-state index contributed by atoms with van der Waals surface area (Å²) in [6.07, 6.45) is 9.01. The first-order valence-corrected chi connectivity index (χ1v) is 11.4. The second kappa shape index (κ2) is 7.86. The van der Waals surface area contributed by atoms with Crippen molar-refractivity contribution in [2.45, 2.75) is 70.3 Å². The number of fused-ring (bicyclic) bond motifs is 1. The number of aryl methyl sites for hydroxylation is 1. The Morgan fingerprint density at radius 2 is 1.83 bits per heavy atom. The predicted molar refractivity (Wildman–Crippen MR) is 119 cm³/mol. The fourth-order valence-electron chi connectivity index (χ4n) is 4.76. The second-order valence-corrected chi connectivity index (χ2v) is 8.83. The van der Waals surface area contributed by atoms with E-state index < -0.39 is 0 Å². The maximum atomic E-state index is 13.7. The van der Waals surface area contributed by atoms with Gasteiger partial charge in [-0.25, -0.2) is 9.67 Å². The first-order valence-electron chi connectivity index (χ1n) is 11.4. The summed E-state index contributed by atoms with van der Waals surface area (Å²) in [6, 6.07) is 12.5. The number of nitrogens with zero attached hydrogens (tertiary/aromatic N) is 4. The number of pyridine rings is 1. The molecule has 1 amide bonds. The second-order valence-electron chi connectivity index (χ2n) is 8.83. The number of para-hydroxylation sites is 1. The summed E-state index contributed by atoms with van der Waals surface area (Å²) in [6.45, 7) is 2.10. The zero-order valence-electron chi connectivity index (χ0n) is 18.0. The van der Waals surface area contributed by atoms with Gasteiger partial charge in [-0.3, -0.25) is 4.79 Å². The topological polar surface area (TPSA) is 51.0 Å². The molecule has 5 rings (SSSR count). The van der Waals surface area contributed by atoms with Crippen LogP contribution < -0.4 is 0 Å². The molecule has 0 saturated heterocycles. The van der Waals surface area contributed by atoms with E-state index in [1.54, 1.807) is 0 Å². The maximum absolute atomic E-state index is 13.7. The molecular formula is C25H30N4O. The Morgan fingerprint density at radius 3 is 2.50 bits per heavy atom. The molecule has 2 heterocycles. The van der Waals surface area contributed by atoms with Crippen LogP contribution in [0.5, 0.6) is 0 Å². The van der Waals surface area contributed by atoms with Crippen LogP contribution in [0.4, 0.5) is 0 Å². The molecule has 1 aromatic carbocycles. The minimum absolute atomic E-state index is 0.124. The zero-order chi connectivity index (χ0) is 20.7. The van der Waals surface area contributed by atoms with Gasteiger partial charge in [0.1, 0.15) is 0 Å².